The molecule has 3 heterocycles. The summed E-state index contributed by atoms with van der Waals surface area (Å²) in [5.41, 5.74) is 6.58. The molecule has 28 heavy (non-hydrogen) atoms. The fourth-order valence-electron chi connectivity index (χ4n) is 3.18. The van der Waals surface area contributed by atoms with E-state index in [1.807, 2.05) is 0 Å². The number of aromatic nitrogens is 4. The van der Waals surface area contributed by atoms with E-state index in [0.29, 0.717) is 28.4 Å². The van der Waals surface area contributed by atoms with Crippen LogP contribution in [0.2, 0.25) is 0 Å². The van der Waals surface area contributed by atoms with Gasteiger partial charge in [-0.15, -0.1) is 0 Å². The van der Waals surface area contributed by atoms with Crippen molar-refractivity contribution in [3.63, 3.8) is 0 Å². The maximum absolute atomic E-state index is 11.2. The lowest BCUT2D eigenvalue weighted by molar-refractivity contribution is -0.140. The summed E-state index contributed by atoms with van der Waals surface area (Å²) < 4.78 is 7.46. The van der Waals surface area contributed by atoms with E-state index in [-0.39, 0.29) is 16.7 Å². The number of hydrogen-bond acceptors (Lipinski definition) is 8. The van der Waals surface area contributed by atoms with Crippen molar-refractivity contribution in [2.24, 2.45) is 5.92 Å². The number of carboxylic acid groups (broad SMARTS) is 1. The molecule has 10 nitrogen and oxygen atoms in total. The Morgan fingerprint density at radius 3 is 2.86 bits per heavy atom. The minimum absolute atomic E-state index is 0.212. The molecular weight excluding hydrogens is 386 g/mol. The van der Waals surface area contributed by atoms with Gasteiger partial charge in [-0.1, -0.05) is 6.58 Å². The number of aliphatic hydroxyl groups excluding tert-OH is 2. The van der Waals surface area contributed by atoms with Crippen molar-refractivity contribution in [2.75, 3.05) is 23.0 Å². The molecule has 0 spiro atoms. The highest BCUT2D eigenvalue weighted by Gasteiger charge is 2.47. The number of carbonyl (C=O) groups is 1. The number of ether oxygens (including phenoxy) is 1. The molecule has 0 radical (unpaired) electrons. The largest absolute Gasteiger partial charge is 0.481 e. The average molecular weight is 410 g/mol. The van der Waals surface area contributed by atoms with Crippen molar-refractivity contribution in [1.82, 2.24) is 19.5 Å². The Balaban J connectivity index is 1.78. The van der Waals surface area contributed by atoms with Crippen LogP contribution in [0.15, 0.2) is 25.3 Å². The summed E-state index contributed by atoms with van der Waals surface area (Å²) in [6.07, 6.45) is 0.613. The number of aliphatic carboxylic acids is 1. The summed E-state index contributed by atoms with van der Waals surface area (Å²) in [5, 5.41) is 30.2. The second-order valence-corrected chi connectivity index (χ2v) is 8.99. The molecule has 2 unspecified atom stereocenters. The second kappa shape index (κ2) is 8.43. The number of nitrogen functional groups attached to an aromatic ring is 1. The first kappa shape index (κ1) is 20.5. The van der Waals surface area contributed by atoms with E-state index in [0.717, 1.165) is 0 Å². The minimum Gasteiger partial charge on any atom is -0.481 e. The molecule has 1 aliphatic rings. The summed E-state index contributed by atoms with van der Waals surface area (Å²) in [6.45, 7) is 5.38. The topological polar surface area (TPSA) is 157 Å². The molecule has 3 rings (SSSR count). The van der Waals surface area contributed by atoms with Crippen molar-refractivity contribution in [2.45, 2.75) is 31.5 Å². The van der Waals surface area contributed by atoms with Crippen LogP contribution in [0.5, 0.6) is 0 Å². The van der Waals surface area contributed by atoms with Crippen LogP contribution in [0, 0.1) is 5.92 Å². The Morgan fingerprint density at radius 1 is 1.43 bits per heavy atom. The van der Waals surface area contributed by atoms with E-state index >= 15 is 0 Å². The number of carboxylic acids is 1. The summed E-state index contributed by atoms with van der Waals surface area (Å²) in [5.74, 6) is 0.315. The summed E-state index contributed by atoms with van der Waals surface area (Å²) in [7, 11) is -0.359. The zero-order valence-electron chi connectivity index (χ0n) is 15.4. The number of nitrogens with zero attached hydrogens (tertiary/aromatic N) is 4. The third kappa shape index (κ3) is 3.97. The van der Waals surface area contributed by atoms with Crippen molar-refractivity contribution in [3.8, 4) is 0 Å². The Hall–Kier alpha value is -2.21. The monoisotopic (exact) mass is 410 g/mol. The number of rotatable bonds is 8. The molecule has 0 amide bonds. The number of anilines is 1. The molecule has 11 heteroatoms. The maximum atomic E-state index is 11.2. The summed E-state index contributed by atoms with van der Waals surface area (Å²) in [6, 6.07) is 0. The molecule has 0 bridgehead atoms. The van der Waals surface area contributed by atoms with E-state index in [9.17, 15) is 15.0 Å². The van der Waals surface area contributed by atoms with Crippen molar-refractivity contribution < 1.29 is 24.9 Å². The lowest BCUT2D eigenvalue weighted by Gasteiger charge is -2.17. The normalized spacial score (nSPS) is 27.0. The first-order valence-corrected chi connectivity index (χ1v) is 10.5. The number of aliphatic hydroxyl groups is 2. The van der Waals surface area contributed by atoms with Gasteiger partial charge in [0, 0.05) is 0 Å². The molecule has 1 fully saturated rings. The zero-order chi connectivity index (χ0) is 20.4. The molecule has 1 aliphatic heterocycles. The smallest absolute Gasteiger partial charge is 0.310 e. The molecule has 1 saturated heterocycles. The molecule has 152 valence electrons. The molecule has 0 aliphatic carbocycles. The summed E-state index contributed by atoms with van der Waals surface area (Å²) >= 11 is 0. The lowest BCUT2D eigenvalue weighted by Crippen LogP contribution is -2.37. The predicted molar refractivity (Wildman–Crippen MR) is 105 cm³/mol. The van der Waals surface area contributed by atoms with Crippen LogP contribution in [-0.2, 0) is 20.4 Å². The minimum atomic E-state index is -1.19. The van der Waals surface area contributed by atoms with E-state index in [1.165, 1.54) is 17.2 Å². The van der Waals surface area contributed by atoms with Gasteiger partial charge in [0.1, 0.15) is 47.4 Å². The van der Waals surface area contributed by atoms with Crippen LogP contribution in [-0.4, -0.2) is 76.4 Å². The van der Waals surface area contributed by atoms with Gasteiger partial charge >= 0.3 is 5.97 Å². The van der Waals surface area contributed by atoms with Crippen LogP contribution in [0.3, 0.4) is 0 Å². The number of nitrogens with two attached hydrogens (primary N) is 1. The molecule has 2 aromatic heterocycles. The standard InChI is InChI=1S/C17H23N5O5S/c1-3-4-28(5-9(2)17(25)26)6-10-12(23)13(24)16(27-10)22-8-21-11-14(18)19-7-20-15(11)22/h3,7-10,12-13,16,23-24H,1,4-6H2,2H3,(H2-,18,19,20,25,26)/p+1/t9-,10+,12?,13-,16+,28?/m0/s1. The Kier molecular flexibility index (Phi) is 6.18. The predicted octanol–water partition coefficient (Wildman–Crippen LogP) is -0.447. The van der Waals surface area contributed by atoms with E-state index in [1.54, 1.807) is 13.0 Å². The van der Waals surface area contributed by atoms with Gasteiger partial charge in [0.25, 0.3) is 0 Å². The molecule has 0 aromatic carbocycles. The van der Waals surface area contributed by atoms with Crippen LogP contribution in [0.4, 0.5) is 5.82 Å². The van der Waals surface area contributed by atoms with Crippen LogP contribution < -0.4 is 5.73 Å². The van der Waals surface area contributed by atoms with E-state index in [4.69, 9.17) is 15.6 Å². The molecule has 6 atom stereocenters. The SMILES string of the molecule is C=CC[S+](C[C@H](C)C(=O)O)C[C@H]1O[C@@H](n2cnc3c(N)ncnc32)[C@@H](O)C1O. The van der Waals surface area contributed by atoms with Gasteiger partial charge in [-0.2, -0.15) is 0 Å². The third-order valence-corrected chi connectivity index (χ3v) is 7.14. The molecule has 0 saturated carbocycles. The van der Waals surface area contributed by atoms with Crippen LogP contribution in [0.1, 0.15) is 13.2 Å². The van der Waals surface area contributed by atoms with Gasteiger partial charge < -0.3 is 25.8 Å². The fraction of sp³-hybridized carbons (Fsp3) is 0.529. The Labute approximate surface area is 164 Å². The van der Waals surface area contributed by atoms with Gasteiger partial charge in [0.05, 0.1) is 12.2 Å². The first-order chi connectivity index (χ1) is 13.3. The lowest BCUT2D eigenvalue weighted by atomic mass is 10.1. The van der Waals surface area contributed by atoms with E-state index in [2.05, 4.69) is 21.5 Å². The van der Waals surface area contributed by atoms with Gasteiger partial charge in [-0.25, -0.2) is 15.0 Å². The zero-order valence-corrected chi connectivity index (χ0v) is 16.2. The maximum Gasteiger partial charge on any atom is 0.310 e. The Morgan fingerprint density at radius 2 is 2.18 bits per heavy atom. The molecule has 2 aromatic rings. The van der Waals surface area contributed by atoms with Gasteiger partial charge in [0.2, 0.25) is 0 Å². The van der Waals surface area contributed by atoms with Gasteiger partial charge in [-0.05, 0) is 23.9 Å². The average Bonchev–Trinajstić information content (AvgIpc) is 3.19. The quantitative estimate of drug-likeness (QED) is 0.334. The third-order valence-electron chi connectivity index (χ3n) is 4.66. The van der Waals surface area contributed by atoms with Gasteiger partial charge in [0.15, 0.2) is 17.7 Å². The van der Waals surface area contributed by atoms with Crippen molar-refractivity contribution in [1.29, 1.82) is 0 Å². The number of hydrogen-bond donors (Lipinski definition) is 4. The highest BCUT2D eigenvalue weighted by atomic mass is 32.2. The van der Waals surface area contributed by atoms with Crippen molar-refractivity contribution in [3.05, 3.63) is 25.3 Å². The van der Waals surface area contributed by atoms with E-state index < -0.39 is 36.4 Å². The number of imidazole rings is 1. The van der Waals surface area contributed by atoms with Gasteiger partial charge in [-0.3, -0.25) is 9.36 Å². The highest BCUT2D eigenvalue weighted by Crippen LogP contribution is 2.33. The van der Waals surface area contributed by atoms with Crippen LogP contribution in [0.25, 0.3) is 11.2 Å². The van der Waals surface area contributed by atoms with Crippen molar-refractivity contribution >= 4 is 33.8 Å². The Bertz CT molecular complexity index is 862. The second-order valence-electron chi connectivity index (χ2n) is 6.77. The highest BCUT2D eigenvalue weighted by molar-refractivity contribution is 7.97. The molecule has 5 N–H and O–H groups in total. The fourth-order valence-corrected chi connectivity index (χ4v) is 5.51. The van der Waals surface area contributed by atoms with Crippen LogP contribution >= 0.6 is 0 Å². The first-order valence-electron chi connectivity index (χ1n) is 8.75. The summed E-state index contributed by atoms with van der Waals surface area (Å²) in [4.78, 5) is 23.4. The number of fused-ring (bicyclic) bond motifs is 1. The molecular formula is C17H24N5O5S+.